The molecular formula is C28H25F5N2O4. The molecule has 1 N–H and O–H groups in total. The Hall–Kier alpha value is -3.47. The van der Waals surface area contributed by atoms with Crippen LogP contribution in [0, 0.1) is 11.6 Å². The highest BCUT2D eigenvalue weighted by Crippen LogP contribution is 2.47. The van der Waals surface area contributed by atoms with Crippen molar-refractivity contribution in [1.82, 2.24) is 5.16 Å². The van der Waals surface area contributed by atoms with Gasteiger partial charge in [-0.05, 0) is 56.7 Å². The Kier molecular flexibility index (Phi) is 6.36. The third-order valence-electron chi connectivity index (χ3n) is 7.93. The molecule has 6 nitrogen and oxygen atoms in total. The Morgan fingerprint density at radius 3 is 2.28 bits per heavy atom. The zero-order valence-corrected chi connectivity index (χ0v) is 20.7. The molecule has 0 radical (unpaired) electrons. The molecule has 3 heterocycles. The molecule has 11 heteroatoms. The maximum absolute atomic E-state index is 14.8. The second-order valence-corrected chi connectivity index (χ2v) is 10.5. The first kappa shape index (κ1) is 25.8. The number of anilines is 1. The lowest BCUT2D eigenvalue weighted by Crippen LogP contribution is -2.46. The first-order valence-electron chi connectivity index (χ1n) is 12.9. The van der Waals surface area contributed by atoms with Crippen LogP contribution in [0.25, 0.3) is 11.3 Å². The molecule has 6 rings (SSSR count). The molecule has 0 spiro atoms. The summed E-state index contributed by atoms with van der Waals surface area (Å²) < 4.78 is 82.6. The highest BCUT2D eigenvalue weighted by Gasteiger charge is 2.44. The zero-order chi connectivity index (χ0) is 27.5. The number of hydrogen-bond donors (Lipinski definition) is 1. The van der Waals surface area contributed by atoms with Gasteiger partial charge in [-0.2, -0.15) is 13.2 Å². The van der Waals surface area contributed by atoms with E-state index in [-0.39, 0.29) is 47.7 Å². The molecule has 3 fully saturated rings. The van der Waals surface area contributed by atoms with Gasteiger partial charge in [0.25, 0.3) is 0 Å². The van der Waals surface area contributed by atoms with Crippen molar-refractivity contribution in [2.75, 3.05) is 4.90 Å². The first-order chi connectivity index (χ1) is 18.6. The molecule has 2 saturated heterocycles. The smallest absolute Gasteiger partial charge is 0.417 e. The van der Waals surface area contributed by atoms with E-state index in [0.717, 1.165) is 31.0 Å². The average molecular weight is 549 g/mol. The van der Waals surface area contributed by atoms with Crippen LogP contribution < -0.4 is 4.90 Å². The van der Waals surface area contributed by atoms with E-state index in [1.165, 1.54) is 18.2 Å². The molecule has 2 aliphatic heterocycles. The number of ether oxygens (including phenoxy) is 1. The van der Waals surface area contributed by atoms with E-state index < -0.39 is 34.9 Å². The second kappa shape index (κ2) is 9.62. The highest BCUT2D eigenvalue weighted by atomic mass is 19.4. The van der Waals surface area contributed by atoms with E-state index in [9.17, 15) is 26.7 Å². The molecule has 1 saturated carbocycles. The van der Waals surface area contributed by atoms with E-state index in [1.54, 1.807) is 4.90 Å². The van der Waals surface area contributed by atoms with Crippen molar-refractivity contribution in [1.29, 1.82) is 0 Å². The minimum absolute atomic E-state index is 0.0109. The lowest BCUT2D eigenvalue weighted by molar-refractivity contribution is -0.137. The van der Waals surface area contributed by atoms with Crippen molar-refractivity contribution >= 4 is 11.7 Å². The van der Waals surface area contributed by atoms with Gasteiger partial charge in [-0.25, -0.2) is 13.6 Å². The number of aromatic nitrogens is 1. The minimum atomic E-state index is -4.56. The average Bonchev–Trinajstić information content (AvgIpc) is 3.59. The molecule has 3 aliphatic rings. The summed E-state index contributed by atoms with van der Waals surface area (Å²) in [5.41, 5.74) is -0.927. The number of halogens is 5. The number of aromatic carboxylic acids is 1. The largest absolute Gasteiger partial charge is 0.478 e. The molecular weight excluding hydrogens is 523 g/mol. The SMILES string of the molecule is O=C(O)c1cc(F)c(N2C3CC[C@H]2CC(OCc2c(-c4ccccc4C(F)(F)F)noc2C2CC2)C3)c(F)c1. The van der Waals surface area contributed by atoms with Gasteiger partial charge >= 0.3 is 12.1 Å². The number of piperidine rings is 1. The van der Waals surface area contributed by atoms with Crippen LogP contribution >= 0.6 is 0 Å². The fraction of sp³-hybridized carbons (Fsp3) is 0.429. The number of rotatable bonds is 7. The Bertz CT molecular complexity index is 1380. The lowest BCUT2D eigenvalue weighted by atomic mass is 9.97. The second-order valence-electron chi connectivity index (χ2n) is 10.5. The predicted octanol–water partition coefficient (Wildman–Crippen LogP) is 6.93. The van der Waals surface area contributed by atoms with Crippen LogP contribution in [0.1, 0.15) is 71.7 Å². The van der Waals surface area contributed by atoms with Crippen molar-refractivity contribution < 1.29 is 41.1 Å². The van der Waals surface area contributed by atoms with Gasteiger partial charge in [0.1, 0.15) is 28.8 Å². The topological polar surface area (TPSA) is 75.8 Å². The van der Waals surface area contributed by atoms with Gasteiger partial charge in [0.2, 0.25) is 0 Å². The van der Waals surface area contributed by atoms with Gasteiger partial charge < -0.3 is 19.3 Å². The zero-order valence-electron chi connectivity index (χ0n) is 20.7. The van der Waals surface area contributed by atoms with Crippen molar-refractivity contribution in [3.8, 4) is 11.3 Å². The molecule has 2 bridgehead atoms. The number of carboxylic acid groups (broad SMARTS) is 1. The van der Waals surface area contributed by atoms with Crippen LogP contribution in [0.3, 0.4) is 0 Å². The van der Waals surface area contributed by atoms with Crippen molar-refractivity contribution in [2.24, 2.45) is 0 Å². The number of benzene rings is 2. The molecule has 1 aliphatic carbocycles. The van der Waals surface area contributed by atoms with E-state index in [2.05, 4.69) is 5.16 Å². The standard InChI is InChI=1S/C28H25F5N2O4/c29-22-9-15(27(36)37)10-23(30)25(22)35-16-7-8-17(35)12-18(11-16)38-13-20-24(34-39-26(20)14-5-6-14)19-3-1-2-4-21(19)28(31,32)33/h1-4,9-10,14,16-18H,5-8,11-13H2,(H,36,37)/t16-,17?,18?/m0/s1. The predicted molar refractivity (Wildman–Crippen MR) is 129 cm³/mol. The first-order valence-corrected chi connectivity index (χ1v) is 12.9. The van der Waals surface area contributed by atoms with Crippen LogP contribution in [0.4, 0.5) is 27.6 Å². The summed E-state index contributed by atoms with van der Waals surface area (Å²) >= 11 is 0. The molecule has 0 amide bonds. The number of nitrogens with zero attached hydrogens (tertiary/aromatic N) is 2. The Balaban J connectivity index is 1.23. The van der Waals surface area contributed by atoms with Gasteiger partial charge in [0.15, 0.2) is 0 Å². The summed E-state index contributed by atoms with van der Waals surface area (Å²) in [7, 11) is 0. The highest BCUT2D eigenvalue weighted by molar-refractivity contribution is 5.88. The maximum Gasteiger partial charge on any atom is 0.417 e. The van der Waals surface area contributed by atoms with E-state index in [4.69, 9.17) is 14.4 Å². The molecule has 2 unspecified atom stereocenters. The number of carbonyl (C=O) groups is 1. The maximum atomic E-state index is 14.8. The minimum Gasteiger partial charge on any atom is -0.478 e. The van der Waals surface area contributed by atoms with Crippen molar-refractivity contribution in [2.45, 2.75) is 75.4 Å². The monoisotopic (exact) mass is 548 g/mol. The van der Waals surface area contributed by atoms with Crippen LogP contribution in [0.15, 0.2) is 40.9 Å². The molecule has 1 aromatic heterocycles. The van der Waals surface area contributed by atoms with E-state index >= 15 is 0 Å². The van der Waals surface area contributed by atoms with Gasteiger partial charge in [-0.3, -0.25) is 0 Å². The van der Waals surface area contributed by atoms with Crippen LogP contribution in [0.5, 0.6) is 0 Å². The summed E-state index contributed by atoms with van der Waals surface area (Å²) in [5, 5.41) is 13.1. The fourth-order valence-electron chi connectivity index (χ4n) is 6.04. The summed E-state index contributed by atoms with van der Waals surface area (Å²) in [5.74, 6) is -2.61. The summed E-state index contributed by atoms with van der Waals surface area (Å²) in [4.78, 5) is 12.9. The normalized spacial score (nSPS) is 22.9. The molecule has 3 aromatic rings. The number of carboxylic acids is 1. The quantitative estimate of drug-likeness (QED) is 0.323. The van der Waals surface area contributed by atoms with Gasteiger partial charge in [-0.15, -0.1) is 0 Å². The third-order valence-corrected chi connectivity index (χ3v) is 7.93. The fourth-order valence-corrected chi connectivity index (χ4v) is 6.04. The third kappa shape index (κ3) is 4.77. The number of fused-ring (bicyclic) bond motifs is 2. The van der Waals surface area contributed by atoms with Crippen molar-refractivity contribution in [3.05, 3.63) is 70.5 Å². The Morgan fingerprint density at radius 1 is 1.05 bits per heavy atom. The lowest BCUT2D eigenvalue weighted by Gasteiger charge is -2.40. The van der Waals surface area contributed by atoms with E-state index in [1.807, 2.05) is 0 Å². The van der Waals surface area contributed by atoms with Crippen LogP contribution in [-0.4, -0.2) is 34.4 Å². The van der Waals surface area contributed by atoms with Crippen molar-refractivity contribution in [3.63, 3.8) is 0 Å². The number of hydrogen-bond acceptors (Lipinski definition) is 5. The molecule has 39 heavy (non-hydrogen) atoms. The summed E-state index contributed by atoms with van der Waals surface area (Å²) in [6.07, 6.45) is -0.804. The van der Waals surface area contributed by atoms with Crippen LogP contribution in [0.2, 0.25) is 0 Å². The van der Waals surface area contributed by atoms with Crippen LogP contribution in [-0.2, 0) is 17.5 Å². The Labute approximate surface area is 220 Å². The molecule has 2 aromatic carbocycles. The number of alkyl halides is 3. The van der Waals surface area contributed by atoms with Gasteiger partial charge in [0.05, 0.1) is 23.8 Å². The summed E-state index contributed by atoms with van der Waals surface area (Å²) in [6.45, 7) is 0.0109. The van der Waals surface area contributed by atoms with Gasteiger partial charge in [-0.1, -0.05) is 23.4 Å². The van der Waals surface area contributed by atoms with E-state index in [0.29, 0.717) is 37.0 Å². The molecule has 3 atom stereocenters. The summed E-state index contributed by atoms with van der Waals surface area (Å²) in [6, 6.07) is 6.46. The Morgan fingerprint density at radius 2 is 1.69 bits per heavy atom. The molecule has 206 valence electrons. The van der Waals surface area contributed by atoms with Gasteiger partial charge in [0, 0.05) is 29.1 Å².